The van der Waals surface area contributed by atoms with E-state index in [0.29, 0.717) is 18.3 Å². The lowest BCUT2D eigenvalue weighted by Crippen LogP contribution is -2.34. The molecule has 3 aromatic rings. The Labute approximate surface area is 181 Å². The zero-order valence-corrected chi connectivity index (χ0v) is 17.7. The van der Waals surface area contributed by atoms with Crippen molar-refractivity contribution in [2.45, 2.75) is 32.6 Å². The Morgan fingerprint density at radius 1 is 1.13 bits per heavy atom. The summed E-state index contributed by atoms with van der Waals surface area (Å²) in [5.41, 5.74) is 1.16. The van der Waals surface area contributed by atoms with Gasteiger partial charge in [0.1, 0.15) is 17.3 Å². The first kappa shape index (κ1) is 20.9. The second-order valence-corrected chi connectivity index (χ2v) is 7.93. The molecule has 0 atom stereocenters. The van der Waals surface area contributed by atoms with Gasteiger partial charge in [0.05, 0.1) is 17.7 Å². The minimum Gasteiger partial charge on any atom is -0.494 e. The maximum absolute atomic E-state index is 10.9. The van der Waals surface area contributed by atoms with Crippen molar-refractivity contribution in [2.24, 2.45) is 5.92 Å². The number of benzene rings is 1. The van der Waals surface area contributed by atoms with Gasteiger partial charge in [0.15, 0.2) is 0 Å². The first-order valence-electron chi connectivity index (χ1n) is 10.7. The van der Waals surface area contributed by atoms with Crippen molar-refractivity contribution in [1.82, 2.24) is 9.97 Å². The third kappa shape index (κ3) is 5.42. The molecule has 4 rings (SSSR count). The molecule has 0 amide bonds. The van der Waals surface area contributed by atoms with Crippen LogP contribution < -0.4 is 9.64 Å². The molecule has 1 aromatic carbocycles. The van der Waals surface area contributed by atoms with Crippen molar-refractivity contribution in [3.05, 3.63) is 60.1 Å². The van der Waals surface area contributed by atoms with Crippen LogP contribution in [0.5, 0.6) is 5.75 Å². The van der Waals surface area contributed by atoms with Gasteiger partial charge in [-0.2, -0.15) is 0 Å². The van der Waals surface area contributed by atoms with E-state index in [1.807, 2.05) is 31.5 Å². The molecule has 1 saturated heterocycles. The van der Waals surface area contributed by atoms with Crippen molar-refractivity contribution >= 4 is 11.9 Å². The maximum Gasteiger partial charge on any atom is 0.335 e. The summed E-state index contributed by atoms with van der Waals surface area (Å²) >= 11 is 0. The van der Waals surface area contributed by atoms with Gasteiger partial charge in [0.2, 0.25) is 5.95 Å². The first-order valence-corrected chi connectivity index (χ1v) is 10.7. The van der Waals surface area contributed by atoms with Crippen LogP contribution in [0.15, 0.2) is 53.2 Å². The number of carboxylic acids is 1. The van der Waals surface area contributed by atoms with Crippen molar-refractivity contribution in [3.8, 4) is 17.1 Å². The van der Waals surface area contributed by atoms with Crippen LogP contribution in [0.2, 0.25) is 0 Å². The monoisotopic (exact) mass is 421 g/mol. The highest BCUT2D eigenvalue weighted by Gasteiger charge is 2.21. The summed E-state index contributed by atoms with van der Waals surface area (Å²) in [7, 11) is 0. The number of rotatable bonds is 8. The predicted octanol–water partition coefficient (Wildman–Crippen LogP) is 4.82. The summed E-state index contributed by atoms with van der Waals surface area (Å²) in [4.78, 5) is 22.2. The molecule has 31 heavy (non-hydrogen) atoms. The molecular weight excluding hydrogens is 394 g/mol. The summed E-state index contributed by atoms with van der Waals surface area (Å²) in [6, 6.07) is 10.4. The molecule has 1 aliphatic heterocycles. The van der Waals surface area contributed by atoms with Gasteiger partial charge in [-0.1, -0.05) is 0 Å². The fraction of sp³-hybridized carbons (Fsp3) is 0.375. The Hall–Kier alpha value is -3.35. The highest BCUT2D eigenvalue weighted by Crippen LogP contribution is 2.26. The number of carboxylic acid groups (broad SMARTS) is 1. The van der Waals surface area contributed by atoms with E-state index < -0.39 is 5.97 Å². The van der Waals surface area contributed by atoms with Crippen LogP contribution in [0, 0.1) is 12.8 Å². The molecule has 2 aromatic heterocycles. The molecule has 1 aliphatic rings. The normalized spacial score (nSPS) is 14.5. The Balaban J connectivity index is 1.18. The molecule has 0 saturated carbocycles. The predicted molar refractivity (Wildman–Crippen MR) is 118 cm³/mol. The van der Waals surface area contributed by atoms with E-state index in [-0.39, 0.29) is 5.56 Å². The Morgan fingerprint density at radius 3 is 2.45 bits per heavy atom. The van der Waals surface area contributed by atoms with Crippen molar-refractivity contribution < 1.29 is 19.1 Å². The van der Waals surface area contributed by atoms with Crippen LogP contribution in [0.3, 0.4) is 0 Å². The molecule has 0 radical (unpaired) electrons. The summed E-state index contributed by atoms with van der Waals surface area (Å²) in [6.45, 7) is 4.49. The average molecular weight is 421 g/mol. The molecule has 0 spiro atoms. The topological polar surface area (TPSA) is 88.7 Å². The number of ether oxygens (including phenoxy) is 1. The molecule has 0 aliphatic carbocycles. The van der Waals surface area contributed by atoms with E-state index in [0.717, 1.165) is 61.8 Å². The zero-order valence-electron chi connectivity index (χ0n) is 17.7. The van der Waals surface area contributed by atoms with E-state index in [2.05, 4.69) is 14.9 Å². The molecule has 162 valence electrons. The summed E-state index contributed by atoms with van der Waals surface area (Å²) in [5.74, 6) is 2.92. The number of piperidine rings is 1. The lowest BCUT2D eigenvalue weighted by atomic mass is 9.92. The number of anilines is 1. The maximum atomic E-state index is 10.9. The Kier molecular flexibility index (Phi) is 6.50. The molecule has 1 fully saturated rings. The van der Waals surface area contributed by atoms with Gasteiger partial charge >= 0.3 is 5.97 Å². The van der Waals surface area contributed by atoms with Gasteiger partial charge in [0, 0.05) is 25.5 Å². The highest BCUT2D eigenvalue weighted by molar-refractivity contribution is 5.87. The van der Waals surface area contributed by atoms with Crippen molar-refractivity contribution in [2.75, 3.05) is 24.6 Å². The Bertz CT molecular complexity index is 990. The standard InChI is InChI=1S/C24H27N3O4/c1-17-4-9-22(31-17)20-15-25-24(26-16-20)27-12-10-18(11-13-27)3-2-14-30-21-7-5-19(6-8-21)23(28)29/h4-9,15-16,18H,2-3,10-14H2,1H3,(H,28,29). The van der Waals surface area contributed by atoms with E-state index in [1.165, 1.54) is 0 Å². The minimum absolute atomic E-state index is 0.272. The molecule has 0 unspecified atom stereocenters. The number of nitrogens with zero attached hydrogens (tertiary/aromatic N) is 3. The number of furan rings is 1. The lowest BCUT2D eigenvalue weighted by Gasteiger charge is -2.32. The molecule has 7 nitrogen and oxygen atoms in total. The van der Waals surface area contributed by atoms with Gasteiger partial charge < -0.3 is 19.2 Å². The third-order valence-corrected chi connectivity index (χ3v) is 5.69. The highest BCUT2D eigenvalue weighted by atomic mass is 16.5. The molecular formula is C24H27N3O4. The first-order chi connectivity index (χ1) is 15.1. The van der Waals surface area contributed by atoms with Gasteiger partial charge in [-0.25, -0.2) is 14.8 Å². The lowest BCUT2D eigenvalue weighted by molar-refractivity contribution is 0.0697. The summed E-state index contributed by atoms with van der Waals surface area (Å²) in [6.07, 6.45) is 8.00. The van der Waals surface area contributed by atoms with Crippen LogP contribution >= 0.6 is 0 Å². The van der Waals surface area contributed by atoms with Gasteiger partial charge in [-0.3, -0.25) is 0 Å². The summed E-state index contributed by atoms with van der Waals surface area (Å²) < 4.78 is 11.4. The van der Waals surface area contributed by atoms with Crippen LogP contribution in [-0.2, 0) is 0 Å². The van der Waals surface area contributed by atoms with E-state index in [4.69, 9.17) is 14.3 Å². The van der Waals surface area contributed by atoms with Crippen LogP contribution in [-0.4, -0.2) is 40.7 Å². The average Bonchev–Trinajstić information content (AvgIpc) is 3.24. The fourth-order valence-corrected chi connectivity index (χ4v) is 3.88. The second kappa shape index (κ2) is 9.64. The SMILES string of the molecule is Cc1ccc(-c2cnc(N3CCC(CCCOc4ccc(C(=O)O)cc4)CC3)nc2)o1. The molecule has 7 heteroatoms. The van der Waals surface area contributed by atoms with Crippen LogP contribution in [0.4, 0.5) is 5.95 Å². The van der Waals surface area contributed by atoms with E-state index in [9.17, 15) is 4.79 Å². The van der Waals surface area contributed by atoms with Crippen molar-refractivity contribution in [1.29, 1.82) is 0 Å². The van der Waals surface area contributed by atoms with E-state index in [1.54, 1.807) is 24.3 Å². The van der Waals surface area contributed by atoms with Gasteiger partial charge in [-0.05, 0) is 74.9 Å². The number of aromatic nitrogens is 2. The van der Waals surface area contributed by atoms with Gasteiger partial charge in [0.25, 0.3) is 0 Å². The number of hydrogen-bond acceptors (Lipinski definition) is 6. The Morgan fingerprint density at radius 2 is 1.84 bits per heavy atom. The van der Waals surface area contributed by atoms with Crippen molar-refractivity contribution in [3.63, 3.8) is 0 Å². The minimum atomic E-state index is -0.924. The summed E-state index contributed by atoms with van der Waals surface area (Å²) in [5, 5.41) is 8.93. The van der Waals surface area contributed by atoms with Crippen LogP contribution in [0.1, 0.15) is 41.8 Å². The number of aryl methyl sites for hydroxylation is 1. The van der Waals surface area contributed by atoms with Crippen LogP contribution in [0.25, 0.3) is 11.3 Å². The second-order valence-electron chi connectivity index (χ2n) is 7.93. The van der Waals surface area contributed by atoms with E-state index >= 15 is 0 Å². The number of carbonyl (C=O) groups is 1. The molecule has 1 N–H and O–H groups in total. The fourth-order valence-electron chi connectivity index (χ4n) is 3.88. The largest absolute Gasteiger partial charge is 0.494 e. The number of aromatic carboxylic acids is 1. The zero-order chi connectivity index (χ0) is 21.6. The smallest absolute Gasteiger partial charge is 0.335 e. The molecule has 3 heterocycles. The number of hydrogen-bond donors (Lipinski definition) is 1. The quantitative estimate of drug-likeness (QED) is 0.522. The molecule has 0 bridgehead atoms. The van der Waals surface area contributed by atoms with Gasteiger partial charge in [-0.15, -0.1) is 0 Å². The third-order valence-electron chi connectivity index (χ3n) is 5.69.